The SMILES string of the molecule is COc1cccc(C(=O)NCCN(CCc2c[nH]c3ccccc23)C(C)=O)c1. The summed E-state index contributed by atoms with van der Waals surface area (Å²) in [4.78, 5) is 29.3. The van der Waals surface area contributed by atoms with Crippen LogP contribution in [-0.4, -0.2) is 48.4 Å². The van der Waals surface area contributed by atoms with E-state index in [4.69, 9.17) is 4.74 Å². The van der Waals surface area contributed by atoms with Gasteiger partial charge in [-0.25, -0.2) is 0 Å². The van der Waals surface area contributed by atoms with Gasteiger partial charge in [0.15, 0.2) is 0 Å². The summed E-state index contributed by atoms with van der Waals surface area (Å²) in [6, 6.07) is 15.1. The largest absolute Gasteiger partial charge is 0.497 e. The first-order valence-corrected chi connectivity index (χ1v) is 9.31. The summed E-state index contributed by atoms with van der Waals surface area (Å²) in [5.74, 6) is 0.450. The minimum Gasteiger partial charge on any atom is -0.497 e. The topological polar surface area (TPSA) is 74.4 Å². The number of carbonyl (C=O) groups excluding carboxylic acids is 2. The fourth-order valence-electron chi connectivity index (χ4n) is 3.19. The monoisotopic (exact) mass is 379 g/mol. The molecule has 0 atom stereocenters. The van der Waals surface area contributed by atoms with Gasteiger partial charge in [0, 0.05) is 49.2 Å². The van der Waals surface area contributed by atoms with Gasteiger partial charge in [-0.1, -0.05) is 24.3 Å². The quantitative estimate of drug-likeness (QED) is 0.632. The highest BCUT2D eigenvalue weighted by atomic mass is 16.5. The van der Waals surface area contributed by atoms with E-state index < -0.39 is 0 Å². The van der Waals surface area contributed by atoms with Crippen molar-refractivity contribution >= 4 is 22.7 Å². The first-order valence-electron chi connectivity index (χ1n) is 9.31. The number of fused-ring (bicyclic) bond motifs is 1. The standard InChI is InChI=1S/C22H25N3O3/c1-16(26)25(12-10-18-15-24-21-9-4-3-8-20(18)21)13-11-23-22(27)17-6-5-7-19(14-17)28-2/h3-9,14-15,24H,10-13H2,1-2H3,(H,23,27). The van der Waals surface area contributed by atoms with Crippen molar-refractivity contribution in [2.45, 2.75) is 13.3 Å². The van der Waals surface area contributed by atoms with Crippen LogP contribution in [0.1, 0.15) is 22.8 Å². The number of para-hydroxylation sites is 1. The Morgan fingerprint density at radius 3 is 2.71 bits per heavy atom. The van der Waals surface area contributed by atoms with Gasteiger partial charge in [-0.15, -0.1) is 0 Å². The van der Waals surface area contributed by atoms with Gasteiger partial charge in [-0.2, -0.15) is 0 Å². The van der Waals surface area contributed by atoms with Crippen LogP contribution in [0.3, 0.4) is 0 Å². The zero-order chi connectivity index (χ0) is 19.9. The van der Waals surface area contributed by atoms with E-state index in [1.807, 2.05) is 24.4 Å². The van der Waals surface area contributed by atoms with Gasteiger partial charge >= 0.3 is 0 Å². The number of nitrogens with zero attached hydrogens (tertiary/aromatic N) is 1. The smallest absolute Gasteiger partial charge is 0.251 e. The molecule has 0 bridgehead atoms. The highest BCUT2D eigenvalue weighted by Gasteiger charge is 2.12. The second-order valence-corrected chi connectivity index (χ2v) is 6.60. The number of ether oxygens (including phenoxy) is 1. The molecule has 0 spiro atoms. The Morgan fingerprint density at radius 2 is 1.93 bits per heavy atom. The molecule has 3 aromatic rings. The number of nitrogens with one attached hydrogen (secondary N) is 2. The fraction of sp³-hybridized carbons (Fsp3) is 0.273. The highest BCUT2D eigenvalue weighted by Crippen LogP contribution is 2.18. The minimum absolute atomic E-state index is 0.00419. The Bertz CT molecular complexity index is 964. The van der Waals surface area contributed by atoms with Gasteiger partial charge in [0.1, 0.15) is 5.75 Å². The first kappa shape index (κ1) is 19.5. The van der Waals surface area contributed by atoms with E-state index in [1.54, 1.807) is 43.2 Å². The third kappa shape index (κ3) is 4.71. The maximum atomic E-state index is 12.3. The Morgan fingerprint density at radius 1 is 1.11 bits per heavy atom. The molecular formula is C22H25N3O3. The van der Waals surface area contributed by atoms with Crippen LogP contribution in [-0.2, 0) is 11.2 Å². The zero-order valence-corrected chi connectivity index (χ0v) is 16.2. The molecular weight excluding hydrogens is 354 g/mol. The molecule has 28 heavy (non-hydrogen) atoms. The van der Waals surface area contributed by atoms with Crippen molar-refractivity contribution in [1.29, 1.82) is 0 Å². The van der Waals surface area contributed by atoms with E-state index >= 15 is 0 Å². The van der Waals surface area contributed by atoms with Crippen molar-refractivity contribution in [2.24, 2.45) is 0 Å². The Balaban J connectivity index is 1.53. The van der Waals surface area contributed by atoms with Gasteiger partial charge in [0.25, 0.3) is 5.91 Å². The van der Waals surface area contributed by atoms with E-state index in [0.29, 0.717) is 30.9 Å². The van der Waals surface area contributed by atoms with Crippen molar-refractivity contribution in [1.82, 2.24) is 15.2 Å². The highest BCUT2D eigenvalue weighted by molar-refractivity contribution is 5.94. The number of methoxy groups -OCH3 is 1. The lowest BCUT2D eigenvalue weighted by atomic mass is 10.1. The number of amides is 2. The number of aromatic nitrogens is 1. The van der Waals surface area contributed by atoms with E-state index in [9.17, 15) is 9.59 Å². The van der Waals surface area contributed by atoms with Crippen LogP contribution in [0.5, 0.6) is 5.75 Å². The van der Waals surface area contributed by atoms with Crippen molar-refractivity contribution in [2.75, 3.05) is 26.7 Å². The maximum absolute atomic E-state index is 12.3. The molecule has 0 aliphatic heterocycles. The van der Waals surface area contributed by atoms with Gasteiger partial charge in [-0.05, 0) is 36.2 Å². The van der Waals surface area contributed by atoms with Crippen LogP contribution in [0, 0.1) is 0 Å². The van der Waals surface area contributed by atoms with Crippen LogP contribution >= 0.6 is 0 Å². The van der Waals surface area contributed by atoms with E-state index in [0.717, 1.165) is 11.9 Å². The molecule has 0 fully saturated rings. The average molecular weight is 379 g/mol. The van der Waals surface area contributed by atoms with Crippen molar-refractivity contribution in [3.05, 3.63) is 65.9 Å². The normalized spacial score (nSPS) is 10.6. The number of hydrogen-bond donors (Lipinski definition) is 2. The lowest BCUT2D eigenvalue weighted by Gasteiger charge is -2.21. The van der Waals surface area contributed by atoms with Crippen LogP contribution in [0.15, 0.2) is 54.7 Å². The predicted molar refractivity (Wildman–Crippen MR) is 110 cm³/mol. The van der Waals surface area contributed by atoms with Crippen molar-refractivity contribution < 1.29 is 14.3 Å². The zero-order valence-electron chi connectivity index (χ0n) is 16.2. The number of aromatic amines is 1. The lowest BCUT2D eigenvalue weighted by molar-refractivity contribution is -0.128. The molecule has 2 N–H and O–H groups in total. The Kier molecular flexibility index (Phi) is 6.32. The third-order valence-electron chi connectivity index (χ3n) is 4.77. The lowest BCUT2D eigenvalue weighted by Crippen LogP contribution is -2.38. The van der Waals surface area contributed by atoms with Gasteiger partial charge < -0.3 is 19.9 Å². The molecule has 6 nitrogen and oxygen atoms in total. The number of carbonyl (C=O) groups is 2. The number of benzene rings is 2. The molecule has 6 heteroatoms. The Labute approximate surface area is 164 Å². The summed E-state index contributed by atoms with van der Waals surface area (Å²) in [5.41, 5.74) is 2.81. The molecule has 0 saturated heterocycles. The van der Waals surface area contributed by atoms with Crippen LogP contribution in [0.4, 0.5) is 0 Å². The third-order valence-corrected chi connectivity index (χ3v) is 4.77. The molecule has 0 aliphatic rings. The molecule has 2 amide bonds. The van der Waals surface area contributed by atoms with Crippen LogP contribution < -0.4 is 10.1 Å². The summed E-state index contributed by atoms with van der Waals surface area (Å²) in [6.07, 6.45) is 2.75. The van der Waals surface area contributed by atoms with Gasteiger partial charge in [-0.3, -0.25) is 9.59 Å². The first-order chi connectivity index (χ1) is 13.6. The number of H-pyrrole nitrogens is 1. The van der Waals surface area contributed by atoms with Crippen molar-refractivity contribution in [3.63, 3.8) is 0 Å². The molecule has 0 saturated carbocycles. The molecule has 2 aromatic carbocycles. The fourth-order valence-corrected chi connectivity index (χ4v) is 3.19. The van der Waals surface area contributed by atoms with E-state index in [1.165, 1.54) is 10.9 Å². The molecule has 0 radical (unpaired) electrons. The number of hydrogen-bond acceptors (Lipinski definition) is 3. The minimum atomic E-state index is -0.181. The summed E-state index contributed by atoms with van der Waals surface area (Å²) in [6.45, 7) is 3.02. The van der Waals surface area contributed by atoms with Gasteiger partial charge in [0.2, 0.25) is 5.91 Å². The van der Waals surface area contributed by atoms with Crippen LogP contribution in [0.25, 0.3) is 10.9 Å². The summed E-state index contributed by atoms with van der Waals surface area (Å²) in [7, 11) is 1.56. The molecule has 0 aliphatic carbocycles. The molecule has 1 aromatic heterocycles. The summed E-state index contributed by atoms with van der Waals surface area (Å²) < 4.78 is 5.14. The summed E-state index contributed by atoms with van der Waals surface area (Å²) in [5, 5.41) is 4.04. The molecule has 1 heterocycles. The van der Waals surface area contributed by atoms with Crippen LogP contribution in [0.2, 0.25) is 0 Å². The molecule has 146 valence electrons. The second kappa shape index (κ2) is 9.08. The van der Waals surface area contributed by atoms with E-state index in [2.05, 4.69) is 16.4 Å². The van der Waals surface area contributed by atoms with Gasteiger partial charge in [0.05, 0.1) is 7.11 Å². The second-order valence-electron chi connectivity index (χ2n) is 6.60. The van der Waals surface area contributed by atoms with Crippen molar-refractivity contribution in [3.8, 4) is 5.75 Å². The molecule has 0 unspecified atom stereocenters. The Hall–Kier alpha value is -3.28. The summed E-state index contributed by atoms with van der Waals surface area (Å²) >= 11 is 0. The van der Waals surface area contributed by atoms with E-state index in [-0.39, 0.29) is 11.8 Å². The average Bonchev–Trinajstić information content (AvgIpc) is 3.13. The predicted octanol–water partition coefficient (Wildman–Crippen LogP) is 3.00. The number of rotatable bonds is 8. The maximum Gasteiger partial charge on any atom is 0.251 e. The molecule has 3 rings (SSSR count).